The molecule has 1 aromatic heterocycles. The quantitative estimate of drug-likeness (QED) is 0.660. The van der Waals surface area contributed by atoms with Gasteiger partial charge in [0.2, 0.25) is 0 Å². The van der Waals surface area contributed by atoms with Gasteiger partial charge in [-0.2, -0.15) is 0 Å². The van der Waals surface area contributed by atoms with E-state index in [9.17, 15) is 18.7 Å². The smallest absolute Gasteiger partial charge is 0.255 e. The number of ether oxygens (including phenoxy) is 1. The Kier molecular flexibility index (Phi) is 5.20. The second-order valence-corrected chi connectivity index (χ2v) is 7.50. The van der Waals surface area contributed by atoms with E-state index in [0.717, 1.165) is 11.1 Å². The average Bonchev–Trinajstić information content (AvgIpc) is 3.44. The third-order valence-corrected chi connectivity index (χ3v) is 5.12. The summed E-state index contributed by atoms with van der Waals surface area (Å²) >= 11 is 0. The molecule has 0 spiro atoms. The Bertz CT molecular complexity index is 1070. The highest BCUT2D eigenvalue weighted by molar-refractivity contribution is 5.39. The van der Waals surface area contributed by atoms with Crippen molar-refractivity contribution in [3.05, 3.63) is 93.9 Å². The van der Waals surface area contributed by atoms with Crippen LogP contribution in [0.1, 0.15) is 24.0 Å². The monoisotopic (exact) mass is 397 g/mol. The van der Waals surface area contributed by atoms with Gasteiger partial charge in [-0.3, -0.25) is 9.36 Å². The first-order valence-corrected chi connectivity index (χ1v) is 9.53. The number of pyridine rings is 1. The van der Waals surface area contributed by atoms with Crippen LogP contribution in [0.5, 0.6) is 5.75 Å². The first-order chi connectivity index (χ1) is 13.9. The third kappa shape index (κ3) is 4.71. The normalized spacial score (nSPS) is 14.6. The van der Waals surface area contributed by atoms with E-state index >= 15 is 0 Å². The zero-order valence-corrected chi connectivity index (χ0v) is 15.8. The zero-order chi connectivity index (χ0) is 20.4. The molecule has 150 valence electrons. The Labute approximate surface area is 167 Å². The Balaban J connectivity index is 1.45. The summed E-state index contributed by atoms with van der Waals surface area (Å²) in [6, 6.07) is 13.9. The van der Waals surface area contributed by atoms with Crippen molar-refractivity contribution in [1.29, 1.82) is 0 Å². The minimum atomic E-state index is -0.828. The largest absolute Gasteiger partial charge is 0.488 e. The van der Waals surface area contributed by atoms with Crippen molar-refractivity contribution < 1.29 is 18.6 Å². The van der Waals surface area contributed by atoms with Crippen LogP contribution in [0.25, 0.3) is 5.69 Å². The molecule has 29 heavy (non-hydrogen) atoms. The summed E-state index contributed by atoms with van der Waals surface area (Å²) in [5, 5.41) is 9.79. The van der Waals surface area contributed by atoms with Crippen LogP contribution >= 0.6 is 0 Å². The molecular weight excluding hydrogens is 376 g/mol. The van der Waals surface area contributed by atoms with E-state index in [0.29, 0.717) is 31.4 Å². The molecule has 0 radical (unpaired) electrons. The van der Waals surface area contributed by atoms with Crippen LogP contribution in [0.4, 0.5) is 8.78 Å². The molecule has 1 heterocycles. The highest BCUT2D eigenvalue weighted by Crippen LogP contribution is 2.35. The Morgan fingerprint density at radius 2 is 1.69 bits per heavy atom. The van der Waals surface area contributed by atoms with Crippen LogP contribution in [-0.2, 0) is 12.8 Å². The summed E-state index contributed by atoms with van der Waals surface area (Å²) in [7, 11) is 0. The molecule has 4 nitrogen and oxygen atoms in total. The fourth-order valence-corrected chi connectivity index (χ4v) is 3.09. The van der Waals surface area contributed by atoms with Crippen molar-refractivity contribution in [2.45, 2.75) is 31.3 Å². The fraction of sp³-hybridized carbons (Fsp3) is 0.261. The molecular formula is C23H21F2NO3. The summed E-state index contributed by atoms with van der Waals surface area (Å²) in [5.74, 6) is -0.805. The summed E-state index contributed by atoms with van der Waals surface area (Å²) in [4.78, 5) is 12.5. The van der Waals surface area contributed by atoms with Crippen molar-refractivity contribution in [2.75, 3.05) is 6.61 Å². The molecule has 0 amide bonds. The number of benzene rings is 2. The molecule has 1 N–H and O–H groups in total. The van der Waals surface area contributed by atoms with Crippen LogP contribution in [0.2, 0.25) is 0 Å². The zero-order valence-electron chi connectivity index (χ0n) is 15.8. The lowest BCUT2D eigenvalue weighted by Gasteiger charge is -2.13. The maximum atomic E-state index is 14.3. The van der Waals surface area contributed by atoms with Crippen LogP contribution in [-0.4, -0.2) is 21.9 Å². The molecule has 6 heteroatoms. The van der Waals surface area contributed by atoms with Crippen molar-refractivity contribution in [1.82, 2.24) is 4.57 Å². The lowest BCUT2D eigenvalue weighted by Crippen LogP contribution is -2.19. The van der Waals surface area contributed by atoms with Gasteiger partial charge in [-0.1, -0.05) is 12.1 Å². The van der Waals surface area contributed by atoms with Crippen LogP contribution in [0, 0.1) is 11.6 Å². The fourth-order valence-electron chi connectivity index (χ4n) is 3.09. The number of halogens is 2. The molecule has 1 saturated carbocycles. The number of nitrogens with zero attached hydrogens (tertiary/aromatic N) is 1. The van der Waals surface area contributed by atoms with Gasteiger partial charge in [0.25, 0.3) is 5.56 Å². The lowest BCUT2D eigenvalue weighted by molar-refractivity contribution is 0.0836. The Morgan fingerprint density at radius 1 is 0.966 bits per heavy atom. The summed E-state index contributed by atoms with van der Waals surface area (Å²) in [5.41, 5.74) is 1.15. The molecule has 0 aliphatic heterocycles. The Morgan fingerprint density at radius 3 is 2.34 bits per heavy atom. The second-order valence-electron chi connectivity index (χ2n) is 7.50. The summed E-state index contributed by atoms with van der Waals surface area (Å²) in [6.07, 6.45) is 4.28. The van der Waals surface area contributed by atoms with Gasteiger partial charge in [0, 0.05) is 18.3 Å². The van der Waals surface area contributed by atoms with Gasteiger partial charge in [-0.15, -0.1) is 0 Å². The number of rotatable bonds is 7. The van der Waals surface area contributed by atoms with Gasteiger partial charge in [0.15, 0.2) is 11.6 Å². The van der Waals surface area contributed by atoms with Gasteiger partial charge in [-0.25, -0.2) is 8.78 Å². The van der Waals surface area contributed by atoms with E-state index in [2.05, 4.69) is 0 Å². The molecule has 0 unspecified atom stereocenters. The molecule has 4 rings (SSSR count). The molecule has 2 aromatic carbocycles. The topological polar surface area (TPSA) is 51.5 Å². The molecule has 0 atom stereocenters. The number of aliphatic hydroxyl groups is 1. The number of hydrogen-bond acceptors (Lipinski definition) is 3. The SMILES string of the molecule is O=c1cc(CCc2ccc(F)cc2)ccn1-c1ccc(OCC2(O)CC2)c(F)c1. The summed E-state index contributed by atoms with van der Waals surface area (Å²) < 4.78 is 34.0. The van der Waals surface area contributed by atoms with Gasteiger partial charge >= 0.3 is 0 Å². The van der Waals surface area contributed by atoms with E-state index in [-0.39, 0.29) is 23.7 Å². The van der Waals surface area contributed by atoms with Crippen molar-refractivity contribution in [3.8, 4) is 11.4 Å². The predicted octanol–water partition coefficient (Wildman–Crippen LogP) is 3.80. The maximum absolute atomic E-state index is 14.3. The number of aromatic nitrogens is 1. The van der Waals surface area contributed by atoms with Crippen molar-refractivity contribution in [2.24, 2.45) is 0 Å². The van der Waals surface area contributed by atoms with E-state index < -0.39 is 11.4 Å². The summed E-state index contributed by atoms with van der Waals surface area (Å²) in [6.45, 7) is 0.0615. The van der Waals surface area contributed by atoms with E-state index in [1.165, 1.54) is 34.9 Å². The molecule has 0 saturated heterocycles. The number of hydrogen-bond donors (Lipinski definition) is 1. The maximum Gasteiger partial charge on any atom is 0.255 e. The third-order valence-electron chi connectivity index (χ3n) is 5.12. The van der Waals surface area contributed by atoms with Crippen molar-refractivity contribution in [3.63, 3.8) is 0 Å². The second kappa shape index (κ2) is 7.79. The van der Waals surface area contributed by atoms with E-state index in [1.54, 1.807) is 24.4 Å². The van der Waals surface area contributed by atoms with Crippen LogP contribution in [0.15, 0.2) is 65.6 Å². The standard InChI is InChI=1S/C23H21F2NO3/c24-18-5-3-16(4-6-18)1-2-17-9-12-26(22(27)13-17)19-7-8-21(20(25)14-19)29-15-23(28)10-11-23/h3-9,12-14,28H,1-2,10-11,15H2. The highest BCUT2D eigenvalue weighted by atomic mass is 19.1. The number of aryl methyl sites for hydroxylation is 2. The van der Waals surface area contributed by atoms with Gasteiger partial charge in [0.1, 0.15) is 12.4 Å². The lowest BCUT2D eigenvalue weighted by atomic mass is 10.1. The first-order valence-electron chi connectivity index (χ1n) is 9.53. The van der Waals surface area contributed by atoms with Gasteiger partial charge in [0.05, 0.1) is 11.3 Å². The van der Waals surface area contributed by atoms with E-state index in [1.807, 2.05) is 6.07 Å². The molecule has 1 aliphatic carbocycles. The molecule has 0 bridgehead atoms. The molecule has 1 fully saturated rings. The predicted molar refractivity (Wildman–Crippen MR) is 105 cm³/mol. The first kappa shape index (κ1) is 19.3. The van der Waals surface area contributed by atoms with Crippen LogP contribution in [0.3, 0.4) is 0 Å². The molecule has 3 aromatic rings. The minimum Gasteiger partial charge on any atom is -0.488 e. The van der Waals surface area contributed by atoms with Gasteiger partial charge in [-0.05, 0) is 67.1 Å². The van der Waals surface area contributed by atoms with Gasteiger partial charge < -0.3 is 9.84 Å². The minimum absolute atomic E-state index is 0.0537. The van der Waals surface area contributed by atoms with Crippen molar-refractivity contribution >= 4 is 0 Å². The van der Waals surface area contributed by atoms with E-state index in [4.69, 9.17) is 4.74 Å². The van der Waals surface area contributed by atoms with Crippen LogP contribution < -0.4 is 10.3 Å². The Hall–Kier alpha value is -2.99. The average molecular weight is 397 g/mol. The highest BCUT2D eigenvalue weighted by Gasteiger charge is 2.41. The molecule has 1 aliphatic rings.